The van der Waals surface area contributed by atoms with Crippen LogP contribution >= 0.6 is 0 Å². The quantitative estimate of drug-likeness (QED) is 0.353. The van der Waals surface area contributed by atoms with Crippen LogP contribution < -0.4 is 10.9 Å². The Kier molecular flexibility index (Phi) is 7.98. The van der Waals surface area contributed by atoms with Crippen molar-refractivity contribution in [3.63, 3.8) is 0 Å². The van der Waals surface area contributed by atoms with Crippen LogP contribution in [-0.2, 0) is 20.7 Å². The molecule has 10 nitrogen and oxygen atoms in total. The molecule has 0 aliphatic rings. The number of nitro groups is 1. The number of non-ortho nitro benzene ring substituents is 1. The number of nitrogens with one attached hydrogen (secondary N) is 2. The van der Waals surface area contributed by atoms with Gasteiger partial charge in [0.2, 0.25) is 11.9 Å². The van der Waals surface area contributed by atoms with Crippen LogP contribution in [0.1, 0.15) is 32.8 Å². The van der Waals surface area contributed by atoms with E-state index in [0.717, 1.165) is 0 Å². The number of carbonyl (C=O) groups is 1. The number of aromatic nitrogens is 2. The van der Waals surface area contributed by atoms with Crippen LogP contribution in [0, 0.1) is 10.1 Å². The number of nitro benzene ring substituents is 1. The van der Waals surface area contributed by atoms with E-state index in [2.05, 4.69) is 15.3 Å². The highest BCUT2D eigenvalue weighted by Gasteiger charge is 2.18. The minimum Gasteiger partial charge on any atom is -0.353 e. The van der Waals surface area contributed by atoms with Crippen molar-refractivity contribution >= 4 is 17.5 Å². The second kappa shape index (κ2) is 10.4. The van der Waals surface area contributed by atoms with E-state index in [0.29, 0.717) is 42.9 Å². The third kappa shape index (κ3) is 6.19. The molecule has 0 aliphatic heterocycles. The van der Waals surface area contributed by atoms with E-state index in [4.69, 9.17) is 9.47 Å². The molecule has 0 atom stereocenters. The average Bonchev–Trinajstić information content (AvgIpc) is 2.66. The average molecular weight is 404 g/mol. The van der Waals surface area contributed by atoms with Crippen molar-refractivity contribution < 1.29 is 19.2 Å². The van der Waals surface area contributed by atoms with Gasteiger partial charge in [-0.15, -0.1) is 0 Å². The Balaban J connectivity index is 2.44. The Morgan fingerprint density at radius 3 is 2.38 bits per heavy atom. The van der Waals surface area contributed by atoms with Gasteiger partial charge in [0.05, 0.1) is 10.6 Å². The molecule has 0 saturated heterocycles. The minimum atomic E-state index is -0.507. The van der Waals surface area contributed by atoms with E-state index in [1.54, 1.807) is 0 Å². The molecular formula is C19H24N4O6. The third-order valence-corrected chi connectivity index (χ3v) is 4.00. The Bertz CT molecular complexity index is 904. The van der Waals surface area contributed by atoms with Crippen molar-refractivity contribution in [1.29, 1.82) is 0 Å². The van der Waals surface area contributed by atoms with Crippen LogP contribution in [0.2, 0.25) is 0 Å². The number of benzene rings is 1. The number of ether oxygens (including phenoxy) is 2. The third-order valence-electron chi connectivity index (χ3n) is 4.00. The highest BCUT2D eigenvalue weighted by molar-refractivity contribution is 5.87. The van der Waals surface area contributed by atoms with Gasteiger partial charge in [-0.3, -0.25) is 30.0 Å². The van der Waals surface area contributed by atoms with Crippen LogP contribution in [0.3, 0.4) is 0 Å². The molecule has 1 amide bonds. The molecule has 0 saturated carbocycles. The van der Waals surface area contributed by atoms with Gasteiger partial charge in [-0.2, -0.15) is 0 Å². The summed E-state index contributed by atoms with van der Waals surface area (Å²) in [5, 5.41) is 13.4. The number of rotatable bonds is 10. The van der Waals surface area contributed by atoms with Crippen molar-refractivity contribution in [3.05, 3.63) is 50.3 Å². The molecule has 2 aromatic rings. The van der Waals surface area contributed by atoms with Gasteiger partial charge in [0.1, 0.15) is 0 Å². The summed E-state index contributed by atoms with van der Waals surface area (Å²) in [6.45, 7) is 5.94. The maximum atomic E-state index is 12.7. The number of nitrogens with zero attached hydrogens (tertiary/aromatic N) is 2. The summed E-state index contributed by atoms with van der Waals surface area (Å²) in [6.07, 6.45) is 0.259. The van der Waals surface area contributed by atoms with Crippen molar-refractivity contribution in [2.24, 2.45) is 0 Å². The lowest BCUT2D eigenvalue weighted by molar-refractivity contribution is -0.384. The Hall–Kier alpha value is -3.11. The molecule has 2 rings (SSSR count). The van der Waals surface area contributed by atoms with Crippen molar-refractivity contribution in [2.45, 2.75) is 39.9 Å². The zero-order chi connectivity index (χ0) is 21.4. The van der Waals surface area contributed by atoms with Gasteiger partial charge in [-0.1, -0.05) is 0 Å². The highest BCUT2D eigenvalue weighted by atomic mass is 16.7. The Labute approximate surface area is 167 Å². The molecular weight excluding hydrogens is 380 g/mol. The SMILES string of the molecule is CCOC(CCc1c(-c2ccc([N+](=O)[O-])cc2)nc(NC(C)=O)[nH]c1=O)OCC. The zero-order valence-electron chi connectivity index (χ0n) is 16.6. The van der Waals surface area contributed by atoms with E-state index < -0.39 is 16.8 Å². The molecule has 2 N–H and O–H groups in total. The lowest BCUT2D eigenvalue weighted by Crippen LogP contribution is -2.23. The normalized spacial score (nSPS) is 10.9. The van der Waals surface area contributed by atoms with Crippen LogP contribution in [0.4, 0.5) is 11.6 Å². The van der Waals surface area contributed by atoms with Gasteiger partial charge in [0, 0.05) is 49.8 Å². The number of carbonyl (C=O) groups excluding carboxylic acids is 1. The predicted molar refractivity (Wildman–Crippen MR) is 107 cm³/mol. The summed E-state index contributed by atoms with van der Waals surface area (Å²) in [7, 11) is 0. The van der Waals surface area contributed by atoms with Crippen LogP contribution in [0.5, 0.6) is 0 Å². The maximum absolute atomic E-state index is 12.7. The molecule has 1 heterocycles. The lowest BCUT2D eigenvalue weighted by Gasteiger charge is -2.17. The van der Waals surface area contributed by atoms with Crippen LogP contribution in [0.25, 0.3) is 11.3 Å². The smallest absolute Gasteiger partial charge is 0.269 e. The van der Waals surface area contributed by atoms with Gasteiger partial charge in [0.15, 0.2) is 6.29 Å². The number of hydrogen-bond acceptors (Lipinski definition) is 7. The van der Waals surface area contributed by atoms with E-state index >= 15 is 0 Å². The summed E-state index contributed by atoms with van der Waals surface area (Å²) in [5.41, 5.74) is 0.739. The molecule has 29 heavy (non-hydrogen) atoms. The Morgan fingerprint density at radius 2 is 1.86 bits per heavy atom. The fourth-order valence-corrected chi connectivity index (χ4v) is 2.78. The number of aromatic amines is 1. The summed E-state index contributed by atoms with van der Waals surface area (Å²) in [5.74, 6) is -0.380. The Morgan fingerprint density at radius 1 is 1.24 bits per heavy atom. The minimum absolute atomic E-state index is 0.00534. The monoisotopic (exact) mass is 404 g/mol. The first kappa shape index (κ1) is 22.2. The standard InChI is InChI=1S/C19H24N4O6/c1-4-28-16(29-5-2)11-10-15-17(13-6-8-14(9-7-13)23(26)27)21-19(20-12(3)24)22-18(15)25/h6-9,16H,4-5,10-11H2,1-3H3,(H2,20,21,22,24,25). The van der Waals surface area contributed by atoms with Gasteiger partial charge in [0.25, 0.3) is 11.2 Å². The molecule has 0 unspecified atom stereocenters. The number of H-pyrrole nitrogens is 1. The zero-order valence-corrected chi connectivity index (χ0v) is 16.6. The van der Waals surface area contributed by atoms with Crippen molar-refractivity contribution in [3.8, 4) is 11.3 Å². The number of hydrogen-bond donors (Lipinski definition) is 2. The van der Waals surface area contributed by atoms with Crippen molar-refractivity contribution in [2.75, 3.05) is 18.5 Å². The number of anilines is 1. The lowest BCUT2D eigenvalue weighted by atomic mass is 10.0. The summed E-state index contributed by atoms with van der Waals surface area (Å²) < 4.78 is 11.0. The van der Waals surface area contributed by atoms with Crippen LogP contribution in [0.15, 0.2) is 29.1 Å². The fourth-order valence-electron chi connectivity index (χ4n) is 2.78. The first-order valence-electron chi connectivity index (χ1n) is 9.24. The van der Waals surface area contributed by atoms with E-state index in [1.165, 1.54) is 31.2 Å². The molecule has 1 aromatic heterocycles. The molecule has 0 radical (unpaired) electrons. The predicted octanol–water partition coefficient (Wildman–Crippen LogP) is 2.64. The second-order valence-corrected chi connectivity index (χ2v) is 6.11. The van der Waals surface area contributed by atoms with Crippen LogP contribution in [-0.4, -0.2) is 40.3 Å². The van der Waals surface area contributed by atoms with Gasteiger partial charge >= 0.3 is 0 Å². The molecule has 0 fully saturated rings. The van der Waals surface area contributed by atoms with Crippen molar-refractivity contribution in [1.82, 2.24) is 9.97 Å². The van der Waals surface area contributed by atoms with E-state index in [-0.39, 0.29) is 17.5 Å². The number of amides is 1. The largest absolute Gasteiger partial charge is 0.353 e. The molecule has 0 bridgehead atoms. The summed E-state index contributed by atoms with van der Waals surface area (Å²) in [4.78, 5) is 41.3. The molecule has 0 spiro atoms. The molecule has 10 heteroatoms. The topological polar surface area (TPSA) is 136 Å². The first-order valence-corrected chi connectivity index (χ1v) is 9.24. The highest BCUT2D eigenvalue weighted by Crippen LogP contribution is 2.24. The maximum Gasteiger partial charge on any atom is 0.269 e. The second-order valence-electron chi connectivity index (χ2n) is 6.11. The molecule has 156 valence electrons. The molecule has 1 aromatic carbocycles. The summed E-state index contributed by atoms with van der Waals surface area (Å²) >= 11 is 0. The molecule has 0 aliphatic carbocycles. The van der Waals surface area contributed by atoms with Gasteiger partial charge in [-0.05, 0) is 32.4 Å². The van der Waals surface area contributed by atoms with Gasteiger partial charge in [-0.25, -0.2) is 4.98 Å². The first-order chi connectivity index (χ1) is 13.8. The van der Waals surface area contributed by atoms with E-state index in [9.17, 15) is 19.7 Å². The summed E-state index contributed by atoms with van der Waals surface area (Å²) in [6, 6.07) is 5.71. The van der Waals surface area contributed by atoms with E-state index in [1.807, 2.05) is 13.8 Å². The fraction of sp³-hybridized carbons (Fsp3) is 0.421. The van der Waals surface area contributed by atoms with Gasteiger partial charge < -0.3 is 9.47 Å².